The van der Waals surface area contributed by atoms with E-state index in [-0.39, 0.29) is 31.7 Å². The fourth-order valence-corrected chi connectivity index (χ4v) is 2.22. The topological polar surface area (TPSA) is 160 Å². The summed E-state index contributed by atoms with van der Waals surface area (Å²) in [6.07, 6.45) is 0.0606. The first-order valence-electron chi connectivity index (χ1n) is 7.69. The Morgan fingerprint density at radius 1 is 0.885 bits per heavy atom. The zero-order chi connectivity index (χ0) is 19.1. The third-order valence-electron chi connectivity index (χ3n) is 3.55. The van der Waals surface area contributed by atoms with Gasteiger partial charge in [0.1, 0.15) is 6.04 Å². The molecule has 138 valence electrons. The van der Waals surface area contributed by atoms with Crippen molar-refractivity contribution in [3.63, 3.8) is 0 Å². The fraction of sp³-hybridized carbons (Fsp3) is 0.333. The number of rotatable bonds is 3. The van der Waals surface area contributed by atoms with Gasteiger partial charge >= 0.3 is 0 Å². The van der Waals surface area contributed by atoms with Crippen LogP contribution in [0.3, 0.4) is 0 Å². The number of benzene rings is 1. The van der Waals surface area contributed by atoms with Crippen LogP contribution in [-0.4, -0.2) is 54.2 Å². The number of hydrogen-bond donors (Lipinski definition) is 4. The minimum absolute atomic E-state index is 0.0606. The SMILES string of the molecule is O=C1CNC(=O)CNC(=O)[C@H](Cc2ccc([N+](=O)[O-])cc2)NC(=O)CN1. The van der Waals surface area contributed by atoms with Crippen LogP contribution < -0.4 is 21.3 Å². The number of nitrogens with one attached hydrogen (secondary N) is 4. The second-order valence-electron chi connectivity index (χ2n) is 5.52. The molecule has 1 aliphatic heterocycles. The normalized spacial score (nSPS) is 19.2. The summed E-state index contributed by atoms with van der Waals surface area (Å²) in [6, 6.07) is 4.52. The van der Waals surface area contributed by atoms with Crippen LogP contribution in [0.2, 0.25) is 0 Å². The van der Waals surface area contributed by atoms with Crippen LogP contribution in [0, 0.1) is 10.1 Å². The van der Waals surface area contributed by atoms with Crippen molar-refractivity contribution in [2.75, 3.05) is 19.6 Å². The monoisotopic (exact) mass is 363 g/mol. The number of carbonyl (C=O) groups is 4. The standard InChI is InChI=1S/C15H17N5O6/c21-12-6-16-13(22)7-18-15(24)11(19-14(23)8-17-12)5-9-1-3-10(4-2-9)20(25)26/h1-4,11H,5-8H2,(H,16,22)(H,17,21)(H,18,24)(H,19,23)/t11-/m0/s1. The van der Waals surface area contributed by atoms with E-state index in [9.17, 15) is 29.3 Å². The summed E-state index contributed by atoms with van der Waals surface area (Å²) in [6.45, 7) is -0.994. The third kappa shape index (κ3) is 5.54. The lowest BCUT2D eigenvalue weighted by atomic mass is 10.0. The van der Waals surface area contributed by atoms with E-state index < -0.39 is 34.6 Å². The number of nitrogens with zero attached hydrogens (tertiary/aromatic N) is 1. The lowest BCUT2D eigenvalue weighted by Gasteiger charge is -2.19. The molecule has 0 unspecified atom stereocenters. The second-order valence-corrected chi connectivity index (χ2v) is 5.52. The highest BCUT2D eigenvalue weighted by molar-refractivity contribution is 5.94. The minimum Gasteiger partial charge on any atom is -0.346 e. The van der Waals surface area contributed by atoms with Crippen molar-refractivity contribution >= 4 is 29.3 Å². The number of hydrogen-bond acceptors (Lipinski definition) is 6. The van der Waals surface area contributed by atoms with Crippen LogP contribution >= 0.6 is 0 Å². The molecular formula is C15H17N5O6. The molecule has 0 radical (unpaired) electrons. The first-order chi connectivity index (χ1) is 12.3. The molecule has 1 saturated heterocycles. The predicted molar refractivity (Wildman–Crippen MR) is 87.8 cm³/mol. The Balaban J connectivity index is 2.11. The summed E-state index contributed by atoms with van der Waals surface area (Å²) in [7, 11) is 0. The molecule has 4 N–H and O–H groups in total. The van der Waals surface area contributed by atoms with E-state index in [0.717, 1.165) is 0 Å². The van der Waals surface area contributed by atoms with Gasteiger partial charge < -0.3 is 21.3 Å². The summed E-state index contributed by atoms with van der Waals surface area (Å²) in [5.41, 5.74) is 0.483. The lowest BCUT2D eigenvalue weighted by molar-refractivity contribution is -0.384. The smallest absolute Gasteiger partial charge is 0.269 e. The first kappa shape index (κ1) is 18.8. The Morgan fingerprint density at radius 2 is 1.42 bits per heavy atom. The molecule has 0 saturated carbocycles. The Hall–Kier alpha value is -3.50. The van der Waals surface area contributed by atoms with Crippen LogP contribution in [0.25, 0.3) is 0 Å². The minimum atomic E-state index is -1.01. The van der Waals surface area contributed by atoms with E-state index in [1.807, 2.05) is 0 Å². The number of nitro benzene ring substituents is 1. The van der Waals surface area contributed by atoms with Gasteiger partial charge in [-0.3, -0.25) is 29.3 Å². The summed E-state index contributed by atoms with van der Waals surface area (Å²) < 4.78 is 0. The molecule has 0 spiro atoms. The highest BCUT2D eigenvalue weighted by atomic mass is 16.6. The summed E-state index contributed by atoms with van der Waals surface area (Å²) in [4.78, 5) is 57.3. The molecule has 1 atom stereocenters. The van der Waals surface area contributed by atoms with Gasteiger partial charge in [-0.25, -0.2) is 0 Å². The largest absolute Gasteiger partial charge is 0.346 e. The average Bonchev–Trinajstić information content (AvgIpc) is 2.61. The quantitative estimate of drug-likeness (QED) is 0.358. The van der Waals surface area contributed by atoms with Crippen LogP contribution in [0.4, 0.5) is 5.69 Å². The zero-order valence-electron chi connectivity index (χ0n) is 13.6. The molecule has 0 bridgehead atoms. The molecule has 11 heteroatoms. The maximum Gasteiger partial charge on any atom is 0.269 e. The van der Waals surface area contributed by atoms with E-state index in [1.54, 1.807) is 0 Å². The Labute approximate surface area is 147 Å². The van der Waals surface area contributed by atoms with E-state index in [0.29, 0.717) is 5.56 Å². The molecular weight excluding hydrogens is 346 g/mol. The number of non-ortho nitro benzene ring substituents is 1. The van der Waals surface area contributed by atoms with Gasteiger partial charge in [0.15, 0.2) is 0 Å². The summed E-state index contributed by atoms with van der Waals surface area (Å²) in [5.74, 6) is -2.24. The van der Waals surface area contributed by atoms with Crippen molar-refractivity contribution < 1.29 is 24.1 Å². The molecule has 1 heterocycles. The second kappa shape index (κ2) is 8.55. The molecule has 4 amide bonds. The van der Waals surface area contributed by atoms with E-state index in [4.69, 9.17) is 0 Å². The van der Waals surface area contributed by atoms with Gasteiger partial charge in [-0.05, 0) is 5.56 Å². The van der Waals surface area contributed by atoms with E-state index in [1.165, 1.54) is 24.3 Å². The highest BCUT2D eigenvalue weighted by Crippen LogP contribution is 2.13. The van der Waals surface area contributed by atoms with Crippen LogP contribution in [0.1, 0.15) is 5.56 Å². The molecule has 0 aromatic heterocycles. The Kier molecular flexibility index (Phi) is 6.20. The molecule has 0 aliphatic carbocycles. The van der Waals surface area contributed by atoms with Gasteiger partial charge in [-0.1, -0.05) is 12.1 Å². The molecule has 1 aromatic rings. The third-order valence-corrected chi connectivity index (χ3v) is 3.55. The highest BCUT2D eigenvalue weighted by Gasteiger charge is 2.23. The van der Waals surface area contributed by atoms with Gasteiger partial charge in [0, 0.05) is 18.6 Å². The molecule has 1 fully saturated rings. The van der Waals surface area contributed by atoms with Gasteiger partial charge in [0.25, 0.3) is 5.69 Å². The van der Waals surface area contributed by atoms with Gasteiger partial charge in [-0.2, -0.15) is 0 Å². The molecule has 26 heavy (non-hydrogen) atoms. The maximum atomic E-state index is 12.3. The van der Waals surface area contributed by atoms with Gasteiger partial charge in [-0.15, -0.1) is 0 Å². The maximum absolute atomic E-state index is 12.3. The molecule has 2 rings (SSSR count). The van der Waals surface area contributed by atoms with Crippen LogP contribution in [0.5, 0.6) is 0 Å². The Morgan fingerprint density at radius 3 is 2.00 bits per heavy atom. The van der Waals surface area contributed by atoms with Crippen molar-refractivity contribution in [1.29, 1.82) is 0 Å². The van der Waals surface area contributed by atoms with Gasteiger partial charge in [0.05, 0.1) is 24.6 Å². The number of nitro groups is 1. The van der Waals surface area contributed by atoms with Crippen molar-refractivity contribution in [2.24, 2.45) is 0 Å². The molecule has 1 aliphatic rings. The Bertz CT molecular complexity index is 733. The van der Waals surface area contributed by atoms with Crippen molar-refractivity contribution in [1.82, 2.24) is 21.3 Å². The van der Waals surface area contributed by atoms with Crippen molar-refractivity contribution in [3.05, 3.63) is 39.9 Å². The zero-order valence-corrected chi connectivity index (χ0v) is 13.6. The van der Waals surface area contributed by atoms with E-state index in [2.05, 4.69) is 21.3 Å². The van der Waals surface area contributed by atoms with Crippen LogP contribution in [0.15, 0.2) is 24.3 Å². The van der Waals surface area contributed by atoms with Gasteiger partial charge in [0.2, 0.25) is 23.6 Å². The van der Waals surface area contributed by atoms with Crippen LogP contribution in [-0.2, 0) is 25.6 Å². The van der Waals surface area contributed by atoms with E-state index >= 15 is 0 Å². The predicted octanol–water partition coefficient (Wildman–Crippen LogP) is -2.02. The number of carbonyl (C=O) groups excluding carboxylic acids is 4. The first-order valence-corrected chi connectivity index (χ1v) is 7.69. The number of amides is 4. The molecule has 1 aromatic carbocycles. The molecule has 11 nitrogen and oxygen atoms in total. The van der Waals surface area contributed by atoms with Crippen molar-refractivity contribution in [2.45, 2.75) is 12.5 Å². The average molecular weight is 363 g/mol. The lowest BCUT2D eigenvalue weighted by Crippen LogP contribution is -2.54. The summed E-state index contributed by atoms with van der Waals surface area (Å²) in [5, 5.41) is 20.2. The fourth-order valence-electron chi connectivity index (χ4n) is 2.22. The summed E-state index contributed by atoms with van der Waals surface area (Å²) >= 11 is 0. The van der Waals surface area contributed by atoms with Crippen molar-refractivity contribution in [3.8, 4) is 0 Å².